The van der Waals surface area contributed by atoms with E-state index < -0.39 is 0 Å². The Balaban J connectivity index is 1.24. The Morgan fingerprint density at radius 3 is 2.33 bits per heavy atom. The predicted molar refractivity (Wildman–Crippen MR) is 128 cm³/mol. The summed E-state index contributed by atoms with van der Waals surface area (Å²) in [5, 5.41) is 4.38. The van der Waals surface area contributed by atoms with E-state index in [1.54, 1.807) is 36.5 Å². The molecule has 5 heteroatoms. The highest BCUT2D eigenvalue weighted by Gasteiger charge is 2.51. The lowest BCUT2D eigenvalue weighted by molar-refractivity contribution is -0.124. The number of pyridine rings is 1. The average Bonchev–Trinajstić information content (AvgIpc) is 2.76. The number of rotatable bonds is 5. The molecule has 4 nitrogen and oxygen atoms in total. The second kappa shape index (κ2) is 7.82. The van der Waals surface area contributed by atoms with Crippen LogP contribution in [0.2, 0.25) is 0 Å². The zero-order valence-corrected chi connectivity index (χ0v) is 18.7. The molecular formula is C28H29FN2O2. The Morgan fingerprint density at radius 1 is 0.939 bits per heavy atom. The summed E-state index contributed by atoms with van der Waals surface area (Å²) in [6.07, 6.45) is 9.95. The van der Waals surface area contributed by atoms with Crippen molar-refractivity contribution < 1.29 is 9.18 Å². The van der Waals surface area contributed by atoms with E-state index in [0.717, 1.165) is 23.1 Å². The van der Waals surface area contributed by atoms with E-state index >= 15 is 0 Å². The number of fused-ring (bicyclic) bond motifs is 1. The van der Waals surface area contributed by atoms with Crippen LogP contribution < -0.4 is 10.9 Å². The number of benzene rings is 2. The molecule has 0 spiro atoms. The lowest BCUT2D eigenvalue weighted by Crippen LogP contribution is -2.47. The van der Waals surface area contributed by atoms with Crippen molar-refractivity contribution in [2.75, 3.05) is 5.32 Å². The van der Waals surface area contributed by atoms with E-state index in [1.807, 2.05) is 12.1 Å². The fourth-order valence-corrected chi connectivity index (χ4v) is 7.40. The van der Waals surface area contributed by atoms with Crippen LogP contribution in [0.1, 0.15) is 50.5 Å². The summed E-state index contributed by atoms with van der Waals surface area (Å²) in [5.74, 6) is 2.17. The number of amides is 1. The molecule has 0 radical (unpaired) electrons. The van der Waals surface area contributed by atoms with Crippen LogP contribution in [0.3, 0.4) is 0 Å². The van der Waals surface area contributed by atoms with Crippen molar-refractivity contribution in [3.05, 3.63) is 76.5 Å². The van der Waals surface area contributed by atoms with Gasteiger partial charge in [0.2, 0.25) is 5.91 Å². The minimum absolute atomic E-state index is 0.0555. The third-order valence-corrected chi connectivity index (χ3v) is 8.29. The van der Waals surface area contributed by atoms with E-state index in [0.29, 0.717) is 23.1 Å². The molecule has 4 fully saturated rings. The van der Waals surface area contributed by atoms with Gasteiger partial charge in [-0.3, -0.25) is 9.59 Å². The number of carbonyl (C=O) groups excluding carboxylic acids is 1. The van der Waals surface area contributed by atoms with E-state index in [1.165, 1.54) is 49.2 Å². The first kappa shape index (κ1) is 20.6. The Morgan fingerprint density at radius 2 is 1.64 bits per heavy atom. The minimum Gasteiger partial charge on any atom is -0.325 e. The Bertz CT molecular complexity index is 1260. The quantitative estimate of drug-likeness (QED) is 0.546. The van der Waals surface area contributed by atoms with Crippen LogP contribution in [0, 0.1) is 29.0 Å². The van der Waals surface area contributed by atoms with Crippen molar-refractivity contribution in [2.45, 2.75) is 51.5 Å². The van der Waals surface area contributed by atoms with E-state index in [4.69, 9.17) is 0 Å². The number of hydrogen-bond donors (Lipinski definition) is 1. The summed E-state index contributed by atoms with van der Waals surface area (Å²) in [6.45, 7) is 0.171. The fraction of sp³-hybridized carbons (Fsp3) is 0.429. The van der Waals surface area contributed by atoms with E-state index in [9.17, 15) is 14.0 Å². The summed E-state index contributed by atoms with van der Waals surface area (Å²) >= 11 is 0. The van der Waals surface area contributed by atoms with Crippen molar-refractivity contribution in [3.8, 4) is 0 Å². The van der Waals surface area contributed by atoms with Gasteiger partial charge in [-0.25, -0.2) is 4.39 Å². The van der Waals surface area contributed by atoms with Gasteiger partial charge in [0.25, 0.3) is 5.56 Å². The molecule has 1 N–H and O–H groups in total. The molecule has 4 aliphatic rings. The van der Waals surface area contributed by atoms with Gasteiger partial charge in [0.15, 0.2) is 0 Å². The number of aromatic nitrogens is 1. The van der Waals surface area contributed by atoms with Crippen LogP contribution >= 0.6 is 0 Å². The lowest BCUT2D eigenvalue weighted by atomic mass is 9.49. The molecule has 1 aromatic heterocycles. The molecule has 4 bridgehead atoms. The van der Waals surface area contributed by atoms with Crippen LogP contribution in [0.25, 0.3) is 10.8 Å². The maximum Gasteiger partial charge on any atom is 0.258 e. The van der Waals surface area contributed by atoms with Gasteiger partial charge in [0, 0.05) is 34.6 Å². The van der Waals surface area contributed by atoms with Crippen molar-refractivity contribution in [1.29, 1.82) is 0 Å². The van der Waals surface area contributed by atoms with E-state index in [-0.39, 0.29) is 29.2 Å². The van der Waals surface area contributed by atoms with Crippen molar-refractivity contribution >= 4 is 22.4 Å². The highest BCUT2D eigenvalue weighted by Crippen LogP contribution is 2.61. The maximum absolute atomic E-state index is 14.1. The highest BCUT2D eigenvalue weighted by molar-refractivity contribution is 6.02. The van der Waals surface area contributed by atoms with Crippen LogP contribution in [0.5, 0.6) is 0 Å². The summed E-state index contributed by atoms with van der Waals surface area (Å²) in [4.78, 5) is 26.2. The molecule has 1 heterocycles. The number of nitrogens with zero attached hydrogens (tertiary/aromatic N) is 1. The average molecular weight is 445 g/mol. The van der Waals surface area contributed by atoms with Crippen molar-refractivity contribution in [1.82, 2.24) is 4.57 Å². The molecule has 2 aromatic carbocycles. The van der Waals surface area contributed by atoms with Gasteiger partial charge in [-0.15, -0.1) is 0 Å². The number of nitrogens with one attached hydrogen (secondary N) is 1. The SMILES string of the molecule is O=C(CC12CC3CC(CC(C3)C1)C2)Nc1cccc2c(=O)n(Cc3ccccc3F)ccc12. The molecule has 0 unspecified atom stereocenters. The normalized spacial score (nSPS) is 27.7. The second-order valence-corrected chi connectivity index (χ2v) is 10.7. The molecule has 3 aromatic rings. The van der Waals surface area contributed by atoms with Crippen LogP contribution in [0.15, 0.2) is 59.5 Å². The monoisotopic (exact) mass is 444 g/mol. The molecule has 4 aliphatic carbocycles. The van der Waals surface area contributed by atoms with Crippen molar-refractivity contribution in [2.24, 2.45) is 23.2 Å². The molecule has 0 saturated heterocycles. The first-order valence-electron chi connectivity index (χ1n) is 12.1. The molecule has 0 aliphatic heterocycles. The van der Waals surface area contributed by atoms with Crippen LogP contribution in [-0.4, -0.2) is 10.5 Å². The van der Waals surface area contributed by atoms with Crippen molar-refractivity contribution in [3.63, 3.8) is 0 Å². The standard InChI is InChI=1S/C28H29FN2O2/c29-24-6-2-1-4-21(24)17-31-9-8-22-23(27(31)33)5-3-7-25(22)30-26(32)16-28-13-18-10-19(14-28)12-20(11-18)15-28/h1-9,18-20H,10-17H2,(H,30,32). The smallest absolute Gasteiger partial charge is 0.258 e. The van der Waals surface area contributed by atoms with Gasteiger partial charge in [-0.2, -0.15) is 0 Å². The molecule has 4 saturated carbocycles. The summed E-state index contributed by atoms with van der Waals surface area (Å²) in [5.41, 5.74) is 1.14. The molecule has 170 valence electrons. The Kier molecular flexibility index (Phi) is 4.89. The predicted octanol–water partition coefficient (Wildman–Crippen LogP) is 5.73. The topological polar surface area (TPSA) is 51.1 Å². The van der Waals surface area contributed by atoms with Crippen LogP contribution in [0.4, 0.5) is 10.1 Å². The third kappa shape index (κ3) is 3.77. The van der Waals surface area contributed by atoms with E-state index in [2.05, 4.69) is 5.32 Å². The third-order valence-electron chi connectivity index (χ3n) is 8.29. The number of carbonyl (C=O) groups is 1. The molecule has 7 rings (SSSR count). The number of anilines is 1. The first-order valence-corrected chi connectivity index (χ1v) is 12.1. The van der Waals surface area contributed by atoms with Gasteiger partial charge in [-0.1, -0.05) is 24.3 Å². The van der Waals surface area contributed by atoms with Gasteiger partial charge in [0.05, 0.1) is 6.54 Å². The Hall–Kier alpha value is -2.95. The van der Waals surface area contributed by atoms with Gasteiger partial charge < -0.3 is 9.88 Å². The highest BCUT2D eigenvalue weighted by atomic mass is 19.1. The van der Waals surface area contributed by atoms with Gasteiger partial charge in [0.1, 0.15) is 5.82 Å². The molecule has 33 heavy (non-hydrogen) atoms. The molecular weight excluding hydrogens is 415 g/mol. The van der Waals surface area contributed by atoms with Gasteiger partial charge in [-0.05, 0) is 86.0 Å². The lowest BCUT2D eigenvalue weighted by Gasteiger charge is -2.56. The van der Waals surface area contributed by atoms with Gasteiger partial charge >= 0.3 is 0 Å². The maximum atomic E-state index is 14.1. The zero-order chi connectivity index (χ0) is 22.6. The minimum atomic E-state index is -0.324. The largest absolute Gasteiger partial charge is 0.325 e. The number of hydrogen-bond acceptors (Lipinski definition) is 2. The summed E-state index contributed by atoms with van der Waals surface area (Å²) in [7, 11) is 0. The van der Waals surface area contributed by atoms with Crippen LogP contribution in [-0.2, 0) is 11.3 Å². The number of halogens is 1. The molecule has 0 atom stereocenters. The second-order valence-electron chi connectivity index (χ2n) is 10.7. The summed E-state index contributed by atoms with van der Waals surface area (Å²) in [6, 6.07) is 13.8. The zero-order valence-electron chi connectivity index (χ0n) is 18.7. The first-order chi connectivity index (χ1) is 16.0. The fourth-order valence-electron chi connectivity index (χ4n) is 7.40. The summed E-state index contributed by atoms with van der Waals surface area (Å²) < 4.78 is 15.6. The Labute approximate surface area is 192 Å². The molecule has 1 amide bonds.